The number of benzene rings is 1. The van der Waals surface area contributed by atoms with Gasteiger partial charge in [0.1, 0.15) is 0 Å². The average molecular weight is 291 g/mol. The van der Waals surface area contributed by atoms with E-state index < -0.39 is 0 Å². The topological polar surface area (TPSA) is 18.5 Å². The standard InChI is InChI=1S/C18H33N3/c1-6-19-13-12-17-8-10-18(11-9-17)15-21(7-2)16(3)14-20(4)5/h8-11,16,19H,6-7,12-15H2,1-5H3. The first-order chi connectivity index (χ1) is 10.1. The zero-order valence-corrected chi connectivity index (χ0v) is 14.5. The van der Waals surface area contributed by atoms with Crippen LogP contribution in [-0.2, 0) is 13.0 Å². The molecule has 0 aliphatic rings. The van der Waals surface area contributed by atoms with Crippen LogP contribution in [0.3, 0.4) is 0 Å². The number of hydrogen-bond donors (Lipinski definition) is 1. The van der Waals surface area contributed by atoms with Crippen molar-refractivity contribution in [3.05, 3.63) is 35.4 Å². The Morgan fingerprint density at radius 3 is 2.19 bits per heavy atom. The Balaban J connectivity index is 2.52. The lowest BCUT2D eigenvalue weighted by atomic mass is 10.1. The molecule has 0 heterocycles. The van der Waals surface area contributed by atoms with E-state index in [2.05, 4.69) is 74.2 Å². The Kier molecular flexibility index (Phi) is 8.58. The van der Waals surface area contributed by atoms with E-state index in [-0.39, 0.29) is 0 Å². The molecule has 3 nitrogen and oxygen atoms in total. The van der Waals surface area contributed by atoms with E-state index in [0.717, 1.165) is 39.1 Å². The first kappa shape index (κ1) is 18.1. The molecule has 21 heavy (non-hydrogen) atoms. The van der Waals surface area contributed by atoms with E-state index in [0.29, 0.717) is 6.04 Å². The summed E-state index contributed by atoms with van der Waals surface area (Å²) in [5.41, 5.74) is 2.83. The van der Waals surface area contributed by atoms with Crippen LogP contribution in [0.2, 0.25) is 0 Å². The zero-order valence-electron chi connectivity index (χ0n) is 14.5. The lowest BCUT2D eigenvalue weighted by molar-refractivity contribution is 0.174. The SMILES string of the molecule is CCNCCc1ccc(CN(CC)C(C)CN(C)C)cc1. The molecule has 0 aromatic heterocycles. The second-order valence-electron chi connectivity index (χ2n) is 6.09. The summed E-state index contributed by atoms with van der Waals surface area (Å²) in [5, 5.41) is 3.37. The number of likely N-dealkylation sites (N-methyl/N-ethyl adjacent to an activating group) is 3. The molecule has 1 aromatic carbocycles. The molecular formula is C18H33N3. The average Bonchev–Trinajstić information content (AvgIpc) is 2.45. The fraction of sp³-hybridized carbons (Fsp3) is 0.667. The van der Waals surface area contributed by atoms with E-state index in [4.69, 9.17) is 0 Å². The van der Waals surface area contributed by atoms with Gasteiger partial charge in [-0.05, 0) is 58.2 Å². The van der Waals surface area contributed by atoms with E-state index in [1.807, 2.05) is 0 Å². The maximum Gasteiger partial charge on any atom is 0.0236 e. The molecule has 0 saturated heterocycles. The minimum absolute atomic E-state index is 0.582. The van der Waals surface area contributed by atoms with E-state index in [1.165, 1.54) is 11.1 Å². The largest absolute Gasteiger partial charge is 0.317 e. The van der Waals surface area contributed by atoms with Crippen molar-refractivity contribution in [2.24, 2.45) is 0 Å². The van der Waals surface area contributed by atoms with Crippen LogP contribution in [0.5, 0.6) is 0 Å². The molecule has 0 saturated carbocycles. The molecule has 0 amide bonds. The summed E-state index contributed by atoms with van der Waals surface area (Å²) in [6, 6.07) is 9.70. The normalized spacial score (nSPS) is 13.1. The van der Waals surface area contributed by atoms with Gasteiger partial charge in [-0.1, -0.05) is 38.1 Å². The number of nitrogens with zero attached hydrogens (tertiary/aromatic N) is 2. The molecule has 1 aromatic rings. The highest BCUT2D eigenvalue weighted by Crippen LogP contribution is 2.11. The Morgan fingerprint density at radius 1 is 1.05 bits per heavy atom. The van der Waals surface area contributed by atoms with Crippen molar-refractivity contribution >= 4 is 0 Å². The van der Waals surface area contributed by atoms with Crippen molar-refractivity contribution in [1.29, 1.82) is 0 Å². The smallest absolute Gasteiger partial charge is 0.0236 e. The predicted octanol–water partition coefficient (Wildman–Crippen LogP) is 2.61. The lowest BCUT2D eigenvalue weighted by Crippen LogP contribution is -2.39. The van der Waals surface area contributed by atoms with Gasteiger partial charge in [0.15, 0.2) is 0 Å². The number of nitrogens with one attached hydrogen (secondary N) is 1. The van der Waals surface area contributed by atoms with Gasteiger partial charge in [0.2, 0.25) is 0 Å². The maximum absolute atomic E-state index is 3.37. The minimum atomic E-state index is 0.582. The molecule has 1 atom stereocenters. The van der Waals surface area contributed by atoms with Gasteiger partial charge in [0, 0.05) is 19.1 Å². The summed E-state index contributed by atoms with van der Waals surface area (Å²) in [5.74, 6) is 0. The second-order valence-corrected chi connectivity index (χ2v) is 6.09. The van der Waals surface area contributed by atoms with Gasteiger partial charge in [0.25, 0.3) is 0 Å². The van der Waals surface area contributed by atoms with Crippen LogP contribution in [0, 0.1) is 0 Å². The summed E-state index contributed by atoms with van der Waals surface area (Å²) in [6.07, 6.45) is 1.11. The molecule has 1 unspecified atom stereocenters. The van der Waals surface area contributed by atoms with Gasteiger partial charge in [0.05, 0.1) is 0 Å². The van der Waals surface area contributed by atoms with Gasteiger partial charge in [-0.3, -0.25) is 4.90 Å². The lowest BCUT2D eigenvalue weighted by Gasteiger charge is -2.30. The van der Waals surface area contributed by atoms with Crippen molar-refractivity contribution < 1.29 is 0 Å². The van der Waals surface area contributed by atoms with Crippen LogP contribution in [0.15, 0.2) is 24.3 Å². The summed E-state index contributed by atoms with van der Waals surface area (Å²) in [6.45, 7) is 12.1. The first-order valence-corrected chi connectivity index (χ1v) is 8.24. The van der Waals surface area contributed by atoms with Crippen LogP contribution in [0.4, 0.5) is 0 Å². The Morgan fingerprint density at radius 2 is 1.67 bits per heavy atom. The molecular weight excluding hydrogens is 258 g/mol. The Labute approximate surface area is 131 Å². The highest BCUT2D eigenvalue weighted by Gasteiger charge is 2.13. The fourth-order valence-corrected chi connectivity index (χ4v) is 2.68. The summed E-state index contributed by atoms with van der Waals surface area (Å²) < 4.78 is 0. The predicted molar refractivity (Wildman–Crippen MR) is 92.8 cm³/mol. The molecule has 1 N–H and O–H groups in total. The van der Waals surface area contributed by atoms with E-state index in [1.54, 1.807) is 0 Å². The Bertz CT molecular complexity index is 373. The monoisotopic (exact) mass is 291 g/mol. The third-order valence-corrected chi connectivity index (χ3v) is 3.91. The molecule has 0 fully saturated rings. The van der Waals surface area contributed by atoms with Crippen LogP contribution >= 0.6 is 0 Å². The second kappa shape index (κ2) is 9.93. The first-order valence-electron chi connectivity index (χ1n) is 8.24. The molecule has 0 spiro atoms. The third-order valence-electron chi connectivity index (χ3n) is 3.91. The van der Waals surface area contributed by atoms with Crippen molar-refractivity contribution in [1.82, 2.24) is 15.1 Å². The van der Waals surface area contributed by atoms with Gasteiger partial charge in [-0.2, -0.15) is 0 Å². The van der Waals surface area contributed by atoms with Gasteiger partial charge < -0.3 is 10.2 Å². The molecule has 0 radical (unpaired) electrons. The van der Waals surface area contributed by atoms with Gasteiger partial charge in [-0.25, -0.2) is 0 Å². The molecule has 120 valence electrons. The van der Waals surface area contributed by atoms with Crippen LogP contribution < -0.4 is 5.32 Å². The van der Waals surface area contributed by atoms with Crippen LogP contribution in [0.1, 0.15) is 31.9 Å². The summed E-state index contributed by atoms with van der Waals surface area (Å²) in [4.78, 5) is 4.80. The van der Waals surface area contributed by atoms with E-state index in [9.17, 15) is 0 Å². The van der Waals surface area contributed by atoms with Crippen molar-refractivity contribution in [2.45, 2.75) is 39.8 Å². The van der Waals surface area contributed by atoms with Gasteiger partial charge in [-0.15, -0.1) is 0 Å². The molecule has 0 aliphatic carbocycles. The molecule has 0 aliphatic heterocycles. The van der Waals surface area contributed by atoms with E-state index >= 15 is 0 Å². The fourth-order valence-electron chi connectivity index (χ4n) is 2.68. The van der Waals surface area contributed by atoms with Crippen molar-refractivity contribution in [3.63, 3.8) is 0 Å². The maximum atomic E-state index is 3.37. The molecule has 0 bridgehead atoms. The number of hydrogen-bond acceptors (Lipinski definition) is 3. The van der Waals surface area contributed by atoms with Crippen molar-refractivity contribution in [3.8, 4) is 0 Å². The molecule has 3 heteroatoms. The van der Waals surface area contributed by atoms with Crippen LogP contribution in [0.25, 0.3) is 0 Å². The zero-order chi connectivity index (χ0) is 15.7. The van der Waals surface area contributed by atoms with Gasteiger partial charge >= 0.3 is 0 Å². The summed E-state index contributed by atoms with van der Waals surface area (Å²) in [7, 11) is 4.28. The minimum Gasteiger partial charge on any atom is -0.317 e. The quantitative estimate of drug-likeness (QED) is 0.669. The van der Waals surface area contributed by atoms with Crippen LogP contribution in [-0.4, -0.2) is 56.1 Å². The highest BCUT2D eigenvalue weighted by molar-refractivity contribution is 5.22. The van der Waals surface area contributed by atoms with Crippen molar-refractivity contribution in [2.75, 3.05) is 40.3 Å². The number of rotatable bonds is 10. The Hall–Kier alpha value is -0.900. The summed E-state index contributed by atoms with van der Waals surface area (Å²) >= 11 is 0. The molecule has 1 rings (SSSR count). The highest BCUT2D eigenvalue weighted by atomic mass is 15.2. The third kappa shape index (κ3) is 7.07.